The Balaban J connectivity index is 1.60. The molecule has 2 aromatic carbocycles. The molecule has 0 saturated carbocycles. The summed E-state index contributed by atoms with van der Waals surface area (Å²) in [6.07, 6.45) is 1.71. The van der Waals surface area contributed by atoms with Crippen molar-refractivity contribution in [2.45, 2.75) is 18.6 Å². The molecule has 0 bridgehead atoms. The Hall–Kier alpha value is -3.49. The smallest absolute Gasteiger partial charge is 0.272 e. The first-order valence-electron chi connectivity index (χ1n) is 10.9. The van der Waals surface area contributed by atoms with E-state index in [2.05, 4.69) is 4.98 Å². The van der Waals surface area contributed by atoms with E-state index >= 15 is 0 Å². The van der Waals surface area contributed by atoms with E-state index in [-0.39, 0.29) is 17.1 Å². The second-order valence-corrected chi connectivity index (χ2v) is 9.48. The van der Waals surface area contributed by atoms with E-state index in [1.165, 1.54) is 23.1 Å². The molecule has 0 radical (unpaired) electrons. The Bertz CT molecular complexity index is 1540. The largest absolute Gasteiger partial charge is 0.494 e. The number of para-hydroxylation sites is 1. The lowest BCUT2D eigenvalue weighted by Crippen LogP contribution is -2.24. The van der Waals surface area contributed by atoms with Gasteiger partial charge in [0.25, 0.3) is 5.56 Å². The molecule has 5 aromatic rings. The first kappa shape index (κ1) is 22.3. The van der Waals surface area contributed by atoms with Crippen molar-refractivity contribution >= 4 is 49.3 Å². The van der Waals surface area contributed by atoms with E-state index in [4.69, 9.17) is 9.72 Å². The third-order valence-electron chi connectivity index (χ3n) is 5.35. The fourth-order valence-electron chi connectivity index (χ4n) is 3.73. The van der Waals surface area contributed by atoms with E-state index in [1.54, 1.807) is 22.9 Å². The molecule has 0 fully saturated rings. The molecule has 0 aliphatic carbocycles. The summed E-state index contributed by atoms with van der Waals surface area (Å²) in [5, 5.41) is 1.34. The minimum atomic E-state index is -0.144. The summed E-state index contributed by atoms with van der Waals surface area (Å²) in [4.78, 5) is 36.5. The summed E-state index contributed by atoms with van der Waals surface area (Å²) in [5.74, 6) is 0.888. The summed E-state index contributed by atoms with van der Waals surface area (Å²) in [6.45, 7) is 2.75. The second-order valence-electron chi connectivity index (χ2n) is 7.54. The molecule has 0 aliphatic heterocycles. The third kappa shape index (κ3) is 4.34. The zero-order valence-electron chi connectivity index (χ0n) is 18.4. The lowest BCUT2D eigenvalue weighted by Gasteiger charge is -2.15. The molecule has 0 atom stereocenters. The number of carbonyl (C=O) groups excluding carboxylic acids is 1. The van der Waals surface area contributed by atoms with Gasteiger partial charge in [-0.2, -0.15) is 0 Å². The van der Waals surface area contributed by atoms with Crippen LogP contribution in [0.15, 0.2) is 82.9 Å². The number of benzene rings is 2. The van der Waals surface area contributed by atoms with Crippen molar-refractivity contribution in [2.24, 2.45) is 0 Å². The van der Waals surface area contributed by atoms with E-state index in [0.717, 1.165) is 21.5 Å². The van der Waals surface area contributed by atoms with Crippen molar-refractivity contribution in [1.29, 1.82) is 0 Å². The van der Waals surface area contributed by atoms with Crippen molar-refractivity contribution < 1.29 is 9.53 Å². The van der Waals surface area contributed by atoms with Gasteiger partial charge in [0.15, 0.2) is 10.9 Å². The molecule has 3 heterocycles. The van der Waals surface area contributed by atoms with Crippen molar-refractivity contribution in [2.75, 3.05) is 12.4 Å². The number of nitrogens with zero attached hydrogens (tertiary/aromatic N) is 3. The van der Waals surface area contributed by atoms with E-state index in [0.29, 0.717) is 34.1 Å². The number of fused-ring (bicyclic) bond motifs is 3. The van der Waals surface area contributed by atoms with Crippen LogP contribution in [0.5, 0.6) is 5.75 Å². The highest BCUT2D eigenvalue weighted by atomic mass is 32.2. The molecular weight excluding hydrogens is 466 g/mol. The molecular formula is C26H21N3O3S2. The van der Waals surface area contributed by atoms with Gasteiger partial charge in [0.05, 0.1) is 24.4 Å². The molecule has 3 aromatic heterocycles. The van der Waals surface area contributed by atoms with Crippen LogP contribution in [0.1, 0.15) is 22.8 Å². The van der Waals surface area contributed by atoms with Crippen LogP contribution < -0.4 is 10.3 Å². The highest BCUT2D eigenvalue weighted by Gasteiger charge is 2.19. The van der Waals surface area contributed by atoms with Crippen LogP contribution in [0.2, 0.25) is 0 Å². The third-order valence-corrected chi connectivity index (χ3v) is 7.41. The molecule has 8 heteroatoms. The van der Waals surface area contributed by atoms with Gasteiger partial charge in [-0.25, -0.2) is 9.97 Å². The number of pyridine rings is 1. The number of carbonyl (C=O) groups is 1. The number of hydrogen-bond donors (Lipinski definition) is 0. The number of thioether (sulfide) groups is 1. The van der Waals surface area contributed by atoms with E-state index in [9.17, 15) is 9.59 Å². The van der Waals surface area contributed by atoms with Crippen LogP contribution >= 0.6 is 23.1 Å². The summed E-state index contributed by atoms with van der Waals surface area (Å²) in [5.41, 5.74) is 2.00. The number of aromatic nitrogens is 3. The molecule has 0 N–H and O–H groups in total. The molecule has 0 unspecified atom stereocenters. The fraction of sp³-hybridized carbons (Fsp3) is 0.154. The minimum absolute atomic E-state index is 0.0157. The first-order chi connectivity index (χ1) is 16.7. The van der Waals surface area contributed by atoms with Crippen molar-refractivity contribution in [3.05, 3.63) is 94.4 Å². The quantitative estimate of drug-likeness (QED) is 0.165. The Kier molecular flexibility index (Phi) is 6.42. The van der Waals surface area contributed by atoms with Gasteiger partial charge < -0.3 is 4.74 Å². The van der Waals surface area contributed by atoms with Crippen molar-refractivity contribution in [3.63, 3.8) is 0 Å². The fourth-order valence-corrected chi connectivity index (χ4v) is 5.65. The van der Waals surface area contributed by atoms with E-state index < -0.39 is 0 Å². The maximum Gasteiger partial charge on any atom is 0.272 e. The molecule has 0 spiro atoms. The summed E-state index contributed by atoms with van der Waals surface area (Å²) < 4.78 is 7.97. The highest BCUT2D eigenvalue weighted by Crippen LogP contribution is 2.31. The number of ether oxygens (including phenoxy) is 1. The lowest BCUT2D eigenvalue weighted by atomic mass is 10.2. The predicted octanol–water partition coefficient (Wildman–Crippen LogP) is 5.43. The number of rotatable bonds is 8. The number of ketones is 1. The van der Waals surface area contributed by atoms with Gasteiger partial charge in [-0.1, -0.05) is 60.3 Å². The number of hydrogen-bond acceptors (Lipinski definition) is 7. The van der Waals surface area contributed by atoms with Gasteiger partial charge in [0.2, 0.25) is 0 Å². The zero-order valence-corrected chi connectivity index (χ0v) is 20.1. The average Bonchev–Trinajstić information content (AvgIpc) is 3.25. The average molecular weight is 488 g/mol. The number of Topliss-reactive ketones (excluding diaryl/α,β-unsaturated/α-hetero) is 1. The predicted molar refractivity (Wildman–Crippen MR) is 137 cm³/mol. The molecule has 0 saturated heterocycles. The Morgan fingerprint density at radius 3 is 2.68 bits per heavy atom. The summed E-state index contributed by atoms with van der Waals surface area (Å²) in [6, 6.07) is 20.6. The van der Waals surface area contributed by atoms with E-state index in [1.807, 2.05) is 61.5 Å². The topological polar surface area (TPSA) is 74.1 Å². The standard InChI is InChI=1S/C26H21N3O3S2/c1-2-32-21-13-7-6-11-18(21)15-29-25(31)23-22(19-12-8-14-27-24(19)34-23)28-26(29)33-16-20(30)17-9-4-3-5-10-17/h3-14H,2,15-16H2,1H3. The zero-order chi connectivity index (χ0) is 23.5. The molecule has 34 heavy (non-hydrogen) atoms. The minimum Gasteiger partial charge on any atom is -0.494 e. The van der Waals surface area contributed by atoms with Gasteiger partial charge in [0.1, 0.15) is 15.3 Å². The highest BCUT2D eigenvalue weighted by molar-refractivity contribution is 7.99. The van der Waals surface area contributed by atoms with Gasteiger partial charge >= 0.3 is 0 Å². The molecule has 0 aliphatic rings. The molecule has 0 amide bonds. The lowest BCUT2D eigenvalue weighted by molar-refractivity contribution is 0.102. The Morgan fingerprint density at radius 2 is 1.85 bits per heavy atom. The molecule has 170 valence electrons. The normalized spacial score (nSPS) is 11.2. The van der Waals surface area contributed by atoms with Crippen LogP contribution in [0.4, 0.5) is 0 Å². The SMILES string of the molecule is CCOc1ccccc1Cn1c(SCC(=O)c2ccccc2)nc2c(sc3ncccc32)c1=O. The van der Waals surface area contributed by atoms with Crippen molar-refractivity contribution in [1.82, 2.24) is 14.5 Å². The second kappa shape index (κ2) is 9.79. The summed E-state index contributed by atoms with van der Waals surface area (Å²) >= 11 is 2.62. The summed E-state index contributed by atoms with van der Waals surface area (Å²) in [7, 11) is 0. The Labute approximate surface area is 204 Å². The van der Waals surface area contributed by atoms with Gasteiger partial charge in [-0.15, -0.1) is 11.3 Å². The van der Waals surface area contributed by atoms with Gasteiger partial charge in [-0.3, -0.25) is 14.2 Å². The first-order valence-corrected chi connectivity index (χ1v) is 12.7. The molecule has 6 nitrogen and oxygen atoms in total. The van der Waals surface area contributed by atoms with Crippen LogP contribution in [0, 0.1) is 0 Å². The van der Waals surface area contributed by atoms with Crippen molar-refractivity contribution in [3.8, 4) is 5.75 Å². The molecule has 5 rings (SSSR count). The van der Waals surface area contributed by atoms with Crippen LogP contribution in [-0.4, -0.2) is 32.7 Å². The maximum atomic E-state index is 13.7. The monoisotopic (exact) mass is 487 g/mol. The van der Waals surface area contributed by atoms with Crippen LogP contribution in [-0.2, 0) is 6.54 Å². The van der Waals surface area contributed by atoms with Crippen LogP contribution in [0.25, 0.3) is 20.4 Å². The Morgan fingerprint density at radius 1 is 1.06 bits per heavy atom. The van der Waals surface area contributed by atoms with Gasteiger partial charge in [-0.05, 0) is 25.1 Å². The van der Waals surface area contributed by atoms with Crippen LogP contribution in [0.3, 0.4) is 0 Å². The van der Waals surface area contributed by atoms with Gasteiger partial charge in [0, 0.05) is 22.7 Å². The number of thiophene rings is 1. The maximum absolute atomic E-state index is 13.7.